The molecule has 4 rings (SSSR count). The second kappa shape index (κ2) is 7.64. The van der Waals surface area contributed by atoms with Crippen LogP contribution in [-0.4, -0.2) is 10.2 Å². The first-order chi connectivity index (χ1) is 13.6. The summed E-state index contributed by atoms with van der Waals surface area (Å²) in [6.45, 7) is 4.02. The number of benzene rings is 3. The third kappa shape index (κ3) is 3.64. The number of aromatic nitrogens is 2. The van der Waals surface area contributed by atoms with E-state index in [2.05, 4.69) is 15.5 Å². The fourth-order valence-corrected chi connectivity index (χ4v) is 3.08. The summed E-state index contributed by atoms with van der Waals surface area (Å²) >= 11 is 0. The topological polar surface area (TPSA) is 51.0 Å². The minimum absolute atomic E-state index is 0.310. The third-order valence-electron chi connectivity index (χ3n) is 4.62. The molecule has 4 nitrogen and oxygen atoms in total. The van der Waals surface area contributed by atoms with Crippen LogP contribution in [-0.2, 0) is 0 Å². The lowest BCUT2D eigenvalue weighted by atomic mass is 10.0. The van der Waals surface area contributed by atoms with Crippen molar-refractivity contribution in [2.45, 2.75) is 19.9 Å². The molecule has 28 heavy (non-hydrogen) atoms. The van der Waals surface area contributed by atoms with Gasteiger partial charge in [-0.25, -0.2) is 4.39 Å². The Bertz CT molecular complexity index is 1090. The van der Waals surface area contributed by atoms with Crippen molar-refractivity contribution in [1.82, 2.24) is 10.2 Å². The number of nitrogens with one attached hydrogen (secondary N) is 1. The first kappa shape index (κ1) is 17.9. The maximum absolute atomic E-state index is 14.6. The van der Waals surface area contributed by atoms with Gasteiger partial charge < -0.3 is 9.73 Å². The van der Waals surface area contributed by atoms with E-state index in [0.717, 1.165) is 22.4 Å². The smallest absolute Gasteiger partial charge is 0.247 e. The average Bonchev–Trinajstić information content (AvgIpc) is 3.20. The van der Waals surface area contributed by atoms with Crippen molar-refractivity contribution in [1.29, 1.82) is 0 Å². The molecule has 0 saturated carbocycles. The van der Waals surface area contributed by atoms with E-state index in [1.54, 1.807) is 18.2 Å². The Morgan fingerprint density at radius 2 is 1.64 bits per heavy atom. The molecule has 5 heteroatoms. The third-order valence-corrected chi connectivity index (χ3v) is 4.62. The zero-order valence-electron chi connectivity index (χ0n) is 15.7. The standard InChI is InChI=1S/C23H20FN3O/c1-15-12-13-16(2)20(14-15)25-21(18-10-6-7-11-19(18)24)23-27-26-22(28-23)17-8-4-3-5-9-17/h3-14,21,25H,1-2H3. The van der Waals surface area contributed by atoms with E-state index in [9.17, 15) is 4.39 Å². The minimum atomic E-state index is -0.605. The Hall–Kier alpha value is -3.47. The lowest BCUT2D eigenvalue weighted by molar-refractivity contribution is 0.485. The zero-order chi connectivity index (χ0) is 19.5. The van der Waals surface area contributed by atoms with Crippen LogP contribution in [0.15, 0.2) is 77.2 Å². The number of rotatable bonds is 5. The molecule has 0 aliphatic carbocycles. The quantitative estimate of drug-likeness (QED) is 0.488. The number of nitrogens with zero attached hydrogens (tertiary/aromatic N) is 2. The van der Waals surface area contributed by atoms with Crippen LogP contribution in [0.25, 0.3) is 11.5 Å². The van der Waals surface area contributed by atoms with Gasteiger partial charge in [0.1, 0.15) is 11.9 Å². The predicted octanol–water partition coefficient (Wildman–Crippen LogP) is 5.69. The van der Waals surface area contributed by atoms with Crippen LogP contribution in [0.4, 0.5) is 10.1 Å². The molecule has 0 bridgehead atoms. The molecule has 1 heterocycles. The molecule has 0 saturated heterocycles. The lowest BCUT2D eigenvalue weighted by Crippen LogP contribution is -2.15. The summed E-state index contributed by atoms with van der Waals surface area (Å²) in [6.07, 6.45) is 0. The second-order valence-corrected chi connectivity index (χ2v) is 6.73. The lowest BCUT2D eigenvalue weighted by Gasteiger charge is -2.19. The van der Waals surface area contributed by atoms with Gasteiger partial charge in [-0.3, -0.25) is 0 Å². The molecule has 0 aliphatic heterocycles. The van der Waals surface area contributed by atoms with Gasteiger partial charge in [0.15, 0.2) is 0 Å². The Morgan fingerprint density at radius 1 is 0.893 bits per heavy atom. The number of hydrogen-bond acceptors (Lipinski definition) is 4. The van der Waals surface area contributed by atoms with E-state index < -0.39 is 6.04 Å². The maximum atomic E-state index is 14.6. The van der Waals surface area contributed by atoms with E-state index in [1.807, 2.05) is 62.4 Å². The minimum Gasteiger partial charge on any atom is -0.418 e. The Labute approximate surface area is 163 Å². The monoisotopic (exact) mass is 373 g/mol. The molecule has 0 amide bonds. The van der Waals surface area contributed by atoms with Crippen molar-refractivity contribution in [3.8, 4) is 11.5 Å². The normalized spacial score (nSPS) is 12.0. The van der Waals surface area contributed by atoms with Gasteiger partial charge in [-0.05, 0) is 49.2 Å². The number of anilines is 1. The van der Waals surface area contributed by atoms with Crippen molar-refractivity contribution in [2.75, 3.05) is 5.32 Å². The zero-order valence-corrected chi connectivity index (χ0v) is 15.7. The average molecular weight is 373 g/mol. The summed E-state index contributed by atoms with van der Waals surface area (Å²) < 4.78 is 20.5. The van der Waals surface area contributed by atoms with Crippen LogP contribution in [0.3, 0.4) is 0 Å². The van der Waals surface area contributed by atoms with E-state index in [0.29, 0.717) is 17.3 Å². The first-order valence-corrected chi connectivity index (χ1v) is 9.09. The Kier molecular flexibility index (Phi) is 4.89. The van der Waals surface area contributed by atoms with Crippen molar-refractivity contribution < 1.29 is 8.81 Å². The predicted molar refractivity (Wildman–Crippen MR) is 108 cm³/mol. The molecule has 140 valence electrons. The van der Waals surface area contributed by atoms with Crippen LogP contribution in [0, 0.1) is 19.7 Å². The van der Waals surface area contributed by atoms with Gasteiger partial charge in [-0.1, -0.05) is 48.5 Å². The fraction of sp³-hybridized carbons (Fsp3) is 0.130. The van der Waals surface area contributed by atoms with E-state index in [1.165, 1.54) is 6.07 Å². The summed E-state index contributed by atoms with van der Waals surface area (Å²) in [5.41, 5.74) is 4.32. The number of hydrogen-bond donors (Lipinski definition) is 1. The van der Waals surface area contributed by atoms with E-state index >= 15 is 0 Å². The highest BCUT2D eigenvalue weighted by Crippen LogP contribution is 2.31. The Morgan fingerprint density at radius 3 is 2.43 bits per heavy atom. The van der Waals surface area contributed by atoms with E-state index in [-0.39, 0.29) is 5.82 Å². The van der Waals surface area contributed by atoms with Gasteiger partial charge in [0.05, 0.1) is 0 Å². The molecule has 0 aliphatic rings. The van der Waals surface area contributed by atoms with Gasteiger partial charge >= 0.3 is 0 Å². The van der Waals surface area contributed by atoms with Crippen molar-refractivity contribution >= 4 is 5.69 Å². The highest BCUT2D eigenvalue weighted by atomic mass is 19.1. The van der Waals surface area contributed by atoms with Gasteiger partial charge in [0.2, 0.25) is 11.8 Å². The highest BCUT2D eigenvalue weighted by Gasteiger charge is 2.24. The first-order valence-electron chi connectivity index (χ1n) is 9.09. The molecule has 1 atom stereocenters. The molecular weight excluding hydrogens is 353 g/mol. The van der Waals surface area contributed by atoms with Crippen LogP contribution in [0.1, 0.15) is 28.6 Å². The summed E-state index contributed by atoms with van der Waals surface area (Å²) in [7, 11) is 0. The van der Waals surface area contributed by atoms with E-state index in [4.69, 9.17) is 4.42 Å². The van der Waals surface area contributed by atoms with Crippen LogP contribution in [0.5, 0.6) is 0 Å². The number of halogens is 1. The summed E-state index contributed by atoms with van der Waals surface area (Å²) in [5.74, 6) is 0.384. The van der Waals surface area contributed by atoms with Crippen LogP contribution < -0.4 is 5.32 Å². The SMILES string of the molecule is Cc1ccc(C)c(NC(c2nnc(-c3ccccc3)o2)c2ccccc2F)c1. The molecule has 0 spiro atoms. The largest absolute Gasteiger partial charge is 0.418 e. The van der Waals surface area contributed by atoms with Crippen LogP contribution in [0.2, 0.25) is 0 Å². The Balaban J connectivity index is 1.77. The van der Waals surface area contributed by atoms with Crippen LogP contribution >= 0.6 is 0 Å². The molecule has 1 N–H and O–H groups in total. The molecule has 1 unspecified atom stereocenters. The summed E-state index contributed by atoms with van der Waals surface area (Å²) in [6, 6.07) is 21.6. The van der Waals surface area contributed by atoms with Crippen molar-refractivity contribution in [3.05, 3.63) is 101 Å². The van der Waals surface area contributed by atoms with Gasteiger partial charge in [-0.2, -0.15) is 0 Å². The van der Waals surface area contributed by atoms with Gasteiger partial charge in [0, 0.05) is 16.8 Å². The molecule has 3 aromatic carbocycles. The highest BCUT2D eigenvalue weighted by molar-refractivity contribution is 5.56. The molecule has 0 fully saturated rings. The summed E-state index contributed by atoms with van der Waals surface area (Å²) in [5, 5.41) is 11.8. The molecule has 0 radical (unpaired) electrons. The molecule has 4 aromatic rings. The number of aryl methyl sites for hydroxylation is 2. The fourth-order valence-electron chi connectivity index (χ4n) is 3.08. The van der Waals surface area contributed by atoms with Crippen molar-refractivity contribution in [2.24, 2.45) is 0 Å². The molecule has 1 aromatic heterocycles. The second-order valence-electron chi connectivity index (χ2n) is 6.73. The molecular formula is C23H20FN3O. The van der Waals surface area contributed by atoms with Crippen molar-refractivity contribution in [3.63, 3.8) is 0 Å². The maximum Gasteiger partial charge on any atom is 0.247 e. The summed E-state index contributed by atoms with van der Waals surface area (Å²) in [4.78, 5) is 0. The van der Waals surface area contributed by atoms with Gasteiger partial charge in [0.25, 0.3) is 0 Å². The van der Waals surface area contributed by atoms with Gasteiger partial charge in [-0.15, -0.1) is 10.2 Å².